The Balaban J connectivity index is 1.54. The summed E-state index contributed by atoms with van der Waals surface area (Å²) in [7, 11) is 1.56. The fourth-order valence-corrected chi connectivity index (χ4v) is 4.05. The Morgan fingerprint density at radius 3 is 2.75 bits per heavy atom. The molecule has 1 aliphatic rings. The number of piperidine rings is 1. The van der Waals surface area contributed by atoms with Gasteiger partial charge in [-0.1, -0.05) is 29.8 Å². The van der Waals surface area contributed by atoms with E-state index in [1.54, 1.807) is 36.1 Å². The molecule has 0 saturated carbocycles. The van der Waals surface area contributed by atoms with Crippen LogP contribution in [0.5, 0.6) is 0 Å². The molecule has 0 aromatic carbocycles. The van der Waals surface area contributed by atoms with Crippen LogP contribution in [0.15, 0.2) is 47.6 Å². The molecular formula is C23H29Cl2N5O2. The number of allylic oxidation sites excluding steroid dienone is 1. The number of rotatable bonds is 9. The molecule has 9 heteroatoms. The number of anilines is 1. The summed E-state index contributed by atoms with van der Waals surface area (Å²) in [6, 6.07) is 5.39. The van der Waals surface area contributed by atoms with Gasteiger partial charge >= 0.3 is 0 Å². The molecule has 0 aliphatic carbocycles. The Hall–Kier alpha value is -2.32. The third kappa shape index (κ3) is 6.36. The molecule has 3 N–H and O–H groups in total. The number of halogens is 2. The maximum Gasteiger partial charge on any atom is 0.251 e. The lowest BCUT2D eigenvalue weighted by molar-refractivity contribution is 0.190. The maximum atomic E-state index is 12.5. The highest BCUT2D eigenvalue weighted by molar-refractivity contribution is 6.41. The molecule has 0 amide bonds. The topological polar surface area (TPSA) is 85.4 Å². The minimum atomic E-state index is -0.0863. The van der Waals surface area contributed by atoms with Crippen LogP contribution in [0.2, 0.25) is 10.2 Å². The molecule has 1 aliphatic heterocycles. The molecule has 1 saturated heterocycles. The summed E-state index contributed by atoms with van der Waals surface area (Å²) in [6.07, 6.45) is 7.13. The van der Waals surface area contributed by atoms with E-state index in [0.29, 0.717) is 46.4 Å². The van der Waals surface area contributed by atoms with Crippen molar-refractivity contribution < 1.29 is 4.74 Å². The highest BCUT2D eigenvalue weighted by Crippen LogP contribution is 2.20. The number of nitrogens with two attached hydrogens (primary N) is 1. The summed E-state index contributed by atoms with van der Waals surface area (Å²) < 4.78 is 6.96. The molecule has 32 heavy (non-hydrogen) atoms. The molecular weight excluding hydrogens is 449 g/mol. The lowest BCUT2D eigenvalue weighted by Gasteiger charge is -2.32. The van der Waals surface area contributed by atoms with Crippen molar-refractivity contribution >= 4 is 35.0 Å². The Kier molecular flexibility index (Phi) is 8.75. The first-order valence-electron chi connectivity index (χ1n) is 10.5. The van der Waals surface area contributed by atoms with Crippen molar-refractivity contribution in [2.75, 3.05) is 32.5 Å². The first kappa shape index (κ1) is 24.3. The third-order valence-electron chi connectivity index (χ3n) is 5.65. The van der Waals surface area contributed by atoms with Crippen molar-refractivity contribution in [2.45, 2.75) is 32.0 Å². The van der Waals surface area contributed by atoms with Gasteiger partial charge in [0.1, 0.15) is 10.9 Å². The molecule has 2 aromatic heterocycles. The van der Waals surface area contributed by atoms with Gasteiger partial charge in [0.05, 0.1) is 23.5 Å². The summed E-state index contributed by atoms with van der Waals surface area (Å²) in [5.74, 6) is 0.556. The second-order valence-electron chi connectivity index (χ2n) is 7.73. The van der Waals surface area contributed by atoms with Crippen molar-refractivity contribution in [3.63, 3.8) is 0 Å². The zero-order chi connectivity index (χ0) is 23.1. The quantitative estimate of drug-likeness (QED) is 0.326. The van der Waals surface area contributed by atoms with Gasteiger partial charge in [-0.3, -0.25) is 4.79 Å². The van der Waals surface area contributed by atoms with Crippen LogP contribution in [0.25, 0.3) is 6.08 Å². The monoisotopic (exact) mass is 477 g/mol. The predicted molar refractivity (Wildman–Crippen MR) is 131 cm³/mol. The third-order valence-corrected chi connectivity index (χ3v) is 6.34. The van der Waals surface area contributed by atoms with Crippen LogP contribution in [-0.2, 0) is 17.8 Å². The van der Waals surface area contributed by atoms with Crippen molar-refractivity contribution in [3.8, 4) is 0 Å². The van der Waals surface area contributed by atoms with Gasteiger partial charge in [0.15, 0.2) is 0 Å². The SMILES string of the molecule is C=C/C(=C\c1c(N)ccc(=O)n1CCN1CCC(NCc2cnc(Cl)c(Cl)c2)CC1)OC. The van der Waals surface area contributed by atoms with Gasteiger partial charge < -0.3 is 25.3 Å². The fourth-order valence-electron chi connectivity index (χ4n) is 3.76. The smallest absolute Gasteiger partial charge is 0.251 e. The van der Waals surface area contributed by atoms with E-state index in [9.17, 15) is 4.79 Å². The lowest BCUT2D eigenvalue weighted by Crippen LogP contribution is -2.43. The van der Waals surface area contributed by atoms with Crippen LogP contribution < -0.4 is 16.6 Å². The number of methoxy groups -OCH3 is 1. The van der Waals surface area contributed by atoms with E-state index in [2.05, 4.69) is 21.8 Å². The van der Waals surface area contributed by atoms with E-state index < -0.39 is 0 Å². The number of pyridine rings is 2. The van der Waals surface area contributed by atoms with Crippen LogP contribution in [0.1, 0.15) is 24.1 Å². The standard InChI is InChI=1S/C23H29Cl2N5O2/c1-3-18(32-2)13-21-20(26)4-5-22(31)30(21)11-10-29-8-6-17(7-9-29)27-14-16-12-19(24)23(25)28-15-16/h3-5,12-13,15,17,27H,1,6-11,14,26H2,2H3/b18-13+. The molecule has 0 bridgehead atoms. The van der Waals surface area contributed by atoms with Crippen LogP contribution in [0, 0.1) is 0 Å². The van der Waals surface area contributed by atoms with Crippen LogP contribution >= 0.6 is 23.2 Å². The summed E-state index contributed by atoms with van der Waals surface area (Å²) in [4.78, 5) is 19.0. The number of hydrogen-bond donors (Lipinski definition) is 2. The number of likely N-dealkylation sites (tertiary alicyclic amines) is 1. The highest BCUT2D eigenvalue weighted by Gasteiger charge is 2.19. The van der Waals surface area contributed by atoms with E-state index in [1.807, 2.05) is 6.07 Å². The van der Waals surface area contributed by atoms with Gasteiger partial charge in [-0.25, -0.2) is 4.98 Å². The average Bonchev–Trinajstić information content (AvgIpc) is 2.80. The second-order valence-corrected chi connectivity index (χ2v) is 8.50. The number of nitrogens with one attached hydrogen (secondary N) is 1. The first-order chi connectivity index (χ1) is 15.4. The van der Waals surface area contributed by atoms with Crippen molar-refractivity contribution in [1.82, 2.24) is 19.8 Å². The summed E-state index contributed by atoms with van der Waals surface area (Å²) >= 11 is 11.9. The Bertz CT molecular complexity index is 1030. The minimum Gasteiger partial charge on any atom is -0.497 e. The molecule has 0 radical (unpaired) electrons. The molecule has 3 heterocycles. The van der Waals surface area contributed by atoms with E-state index in [-0.39, 0.29) is 5.56 Å². The van der Waals surface area contributed by atoms with Crippen LogP contribution in [0.3, 0.4) is 0 Å². The summed E-state index contributed by atoms with van der Waals surface area (Å²) in [5.41, 5.74) is 8.23. The number of hydrogen-bond acceptors (Lipinski definition) is 6. The van der Waals surface area contributed by atoms with Gasteiger partial charge in [0.25, 0.3) is 5.56 Å². The average molecular weight is 478 g/mol. The van der Waals surface area contributed by atoms with Gasteiger partial charge in [-0.15, -0.1) is 0 Å². The van der Waals surface area contributed by atoms with E-state index in [1.165, 1.54) is 6.07 Å². The second kappa shape index (κ2) is 11.5. The highest BCUT2D eigenvalue weighted by atomic mass is 35.5. The molecule has 7 nitrogen and oxygen atoms in total. The zero-order valence-corrected chi connectivity index (χ0v) is 19.7. The minimum absolute atomic E-state index is 0.0863. The van der Waals surface area contributed by atoms with Gasteiger partial charge in [0.2, 0.25) is 0 Å². The maximum absolute atomic E-state index is 12.5. The number of ether oxygens (including phenoxy) is 1. The molecule has 1 fully saturated rings. The van der Waals surface area contributed by atoms with E-state index >= 15 is 0 Å². The molecule has 0 atom stereocenters. The van der Waals surface area contributed by atoms with Crippen molar-refractivity contribution in [3.05, 3.63) is 74.6 Å². The van der Waals surface area contributed by atoms with Crippen LogP contribution in [-0.4, -0.2) is 47.2 Å². The normalized spacial score (nSPS) is 15.7. The van der Waals surface area contributed by atoms with Crippen molar-refractivity contribution in [1.29, 1.82) is 0 Å². The Labute approximate surface area is 198 Å². The van der Waals surface area contributed by atoms with Gasteiger partial charge in [-0.2, -0.15) is 0 Å². The predicted octanol–water partition coefficient (Wildman–Crippen LogP) is 3.56. The fraction of sp³-hybridized carbons (Fsp3) is 0.391. The molecule has 0 unspecified atom stereocenters. The van der Waals surface area contributed by atoms with Gasteiger partial charge in [0, 0.05) is 44.0 Å². The molecule has 172 valence electrons. The number of nitrogen functional groups attached to an aromatic ring is 1. The van der Waals surface area contributed by atoms with Crippen LogP contribution in [0.4, 0.5) is 5.69 Å². The van der Waals surface area contributed by atoms with Crippen molar-refractivity contribution in [2.24, 2.45) is 0 Å². The largest absolute Gasteiger partial charge is 0.497 e. The van der Waals surface area contributed by atoms with Gasteiger partial charge in [-0.05, 0) is 49.7 Å². The molecule has 3 rings (SSSR count). The Morgan fingerprint density at radius 1 is 1.34 bits per heavy atom. The molecule has 2 aromatic rings. The van der Waals surface area contributed by atoms with E-state index in [0.717, 1.165) is 38.0 Å². The summed E-state index contributed by atoms with van der Waals surface area (Å²) in [6.45, 7) is 7.66. The zero-order valence-electron chi connectivity index (χ0n) is 18.2. The molecule has 0 spiro atoms. The lowest BCUT2D eigenvalue weighted by atomic mass is 10.0. The number of aromatic nitrogens is 2. The first-order valence-corrected chi connectivity index (χ1v) is 11.3. The van der Waals surface area contributed by atoms with E-state index in [4.69, 9.17) is 33.7 Å². The number of nitrogens with zero attached hydrogens (tertiary/aromatic N) is 3. The Morgan fingerprint density at radius 2 is 2.09 bits per heavy atom. The summed E-state index contributed by atoms with van der Waals surface area (Å²) in [5, 5.41) is 4.36.